The maximum Gasteiger partial charge on any atom is 0.156 e. The van der Waals surface area contributed by atoms with E-state index >= 15 is 0 Å². The van der Waals surface area contributed by atoms with Gasteiger partial charge in [0.05, 0.1) is 5.56 Å². The minimum Gasteiger partial charge on any atom is -0.367 e. The Kier molecular flexibility index (Phi) is 5.14. The van der Waals surface area contributed by atoms with Gasteiger partial charge in [-0.15, -0.1) is 0 Å². The Morgan fingerprint density at radius 3 is 2.74 bits per heavy atom. The minimum atomic E-state index is 0.215. The van der Waals surface area contributed by atoms with Crippen molar-refractivity contribution in [3.63, 3.8) is 0 Å². The summed E-state index contributed by atoms with van der Waals surface area (Å²) >= 11 is 5.89. The fourth-order valence-corrected chi connectivity index (χ4v) is 2.97. The first-order chi connectivity index (χ1) is 9.24. The fraction of sp³-hybridized carbons (Fsp3) is 0.643. The second-order valence-corrected chi connectivity index (χ2v) is 5.55. The molecule has 0 aromatic carbocycles. The predicted octanol–water partition coefficient (Wildman–Crippen LogP) is 3.71. The molecule has 5 heteroatoms. The lowest BCUT2D eigenvalue weighted by Crippen LogP contribution is -2.27. The number of hydrogen-bond acceptors (Lipinski definition) is 4. The van der Waals surface area contributed by atoms with E-state index in [1.165, 1.54) is 32.0 Å². The molecule has 0 radical (unpaired) electrons. The number of nitrogens with one attached hydrogen (secondary N) is 1. The average molecular weight is 282 g/mol. The van der Waals surface area contributed by atoms with Crippen molar-refractivity contribution < 1.29 is 4.79 Å². The molecule has 1 aromatic rings. The van der Waals surface area contributed by atoms with Crippen LogP contribution < -0.4 is 5.32 Å². The second-order valence-electron chi connectivity index (χ2n) is 5.20. The van der Waals surface area contributed by atoms with Crippen LogP contribution in [0.15, 0.2) is 6.33 Å². The Morgan fingerprint density at radius 2 is 2.11 bits per heavy atom. The number of carbonyl (C=O) groups is 1. The molecule has 1 fully saturated rings. The highest BCUT2D eigenvalue weighted by atomic mass is 35.5. The zero-order valence-corrected chi connectivity index (χ0v) is 12.0. The molecule has 1 aromatic heterocycles. The normalized spacial score (nSPS) is 23.1. The van der Waals surface area contributed by atoms with E-state index in [1.54, 1.807) is 0 Å². The fourth-order valence-electron chi connectivity index (χ4n) is 2.79. The van der Waals surface area contributed by atoms with Gasteiger partial charge < -0.3 is 5.32 Å². The van der Waals surface area contributed by atoms with Gasteiger partial charge in [0, 0.05) is 6.04 Å². The van der Waals surface area contributed by atoms with Crippen molar-refractivity contribution in [2.24, 2.45) is 5.92 Å². The highest BCUT2D eigenvalue weighted by molar-refractivity contribution is 6.32. The number of anilines is 1. The van der Waals surface area contributed by atoms with E-state index in [2.05, 4.69) is 22.2 Å². The smallest absolute Gasteiger partial charge is 0.156 e. The van der Waals surface area contributed by atoms with Gasteiger partial charge in [0.25, 0.3) is 0 Å². The molecule has 2 rings (SSSR count). The van der Waals surface area contributed by atoms with Gasteiger partial charge in [0.15, 0.2) is 6.29 Å². The first-order valence-electron chi connectivity index (χ1n) is 6.96. The van der Waals surface area contributed by atoms with E-state index in [9.17, 15) is 4.79 Å². The minimum absolute atomic E-state index is 0.215. The van der Waals surface area contributed by atoms with Crippen LogP contribution in [0.1, 0.15) is 55.8 Å². The van der Waals surface area contributed by atoms with Crippen LogP contribution in [-0.4, -0.2) is 22.3 Å². The molecule has 4 nitrogen and oxygen atoms in total. The third-order valence-corrected chi connectivity index (χ3v) is 4.14. The molecule has 0 aliphatic heterocycles. The van der Waals surface area contributed by atoms with Crippen LogP contribution in [0.2, 0.25) is 5.15 Å². The first-order valence-corrected chi connectivity index (χ1v) is 7.34. The highest BCUT2D eigenvalue weighted by Crippen LogP contribution is 2.30. The van der Waals surface area contributed by atoms with Gasteiger partial charge in [-0.2, -0.15) is 0 Å². The van der Waals surface area contributed by atoms with Gasteiger partial charge in [0.2, 0.25) is 0 Å². The Bertz CT molecular complexity index is 431. The van der Waals surface area contributed by atoms with Crippen molar-refractivity contribution in [3.05, 3.63) is 17.0 Å². The van der Waals surface area contributed by atoms with Crippen LogP contribution >= 0.6 is 11.6 Å². The number of rotatable bonds is 5. The van der Waals surface area contributed by atoms with E-state index < -0.39 is 0 Å². The number of carbonyl (C=O) groups excluding carboxylic acids is 1. The summed E-state index contributed by atoms with van der Waals surface area (Å²) in [6.07, 6.45) is 9.45. The van der Waals surface area contributed by atoms with Gasteiger partial charge in [-0.1, -0.05) is 31.4 Å². The Balaban J connectivity index is 1.96. The van der Waals surface area contributed by atoms with E-state index in [0.29, 0.717) is 23.7 Å². The summed E-state index contributed by atoms with van der Waals surface area (Å²) in [5.74, 6) is 1.43. The molecule has 1 aliphatic carbocycles. The van der Waals surface area contributed by atoms with Gasteiger partial charge in [0.1, 0.15) is 17.3 Å². The molecule has 0 spiro atoms. The maximum atomic E-state index is 11.0. The van der Waals surface area contributed by atoms with Crippen molar-refractivity contribution >= 4 is 23.7 Å². The van der Waals surface area contributed by atoms with Gasteiger partial charge >= 0.3 is 0 Å². The highest BCUT2D eigenvalue weighted by Gasteiger charge is 2.21. The summed E-state index contributed by atoms with van der Waals surface area (Å²) in [6.45, 7) is 2.24. The molecule has 1 saturated carbocycles. The van der Waals surface area contributed by atoms with Gasteiger partial charge in [-0.05, 0) is 31.6 Å². The summed E-state index contributed by atoms with van der Waals surface area (Å²) in [6, 6.07) is 0.387. The molecule has 104 valence electrons. The lowest BCUT2D eigenvalue weighted by atomic mass is 9.83. The van der Waals surface area contributed by atoms with Crippen molar-refractivity contribution in [2.75, 3.05) is 5.32 Å². The number of hydrogen-bond donors (Lipinski definition) is 1. The Labute approximate surface area is 119 Å². The zero-order valence-electron chi connectivity index (χ0n) is 11.2. The molecular formula is C14H20ClN3O. The number of halogens is 1. The topological polar surface area (TPSA) is 54.9 Å². The molecule has 0 bridgehead atoms. The molecule has 1 N–H and O–H groups in total. The van der Waals surface area contributed by atoms with Crippen LogP contribution in [-0.2, 0) is 0 Å². The SMILES string of the molecule is CCCC1CCC(Nc2ncnc(Cl)c2C=O)CC1. The van der Waals surface area contributed by atoms with Crippen molar-refractivity contribution in [2.45, 2.75) is 51.5 Å². The summed E-state index contributed by atoms with van der Waals surface area (Å²) in [4.78, 5) is 19.0. The van der Waals surface area contributed by atoms with E-state index in [0.717, 1.165) is 18.8 Å². The third-order valence-electron chi connectivity index (χ3n) is 3.84. The van der Waals surface area contributed by atoms with Crippen LogP contribution in [0, 0.1) is 5.92 Å². The molecular weight excluding hydrogens is 262 g/mol. The Morgan fingerprint density at radius 1 is 1.37 bits per heavy atom. The predicted molar refractivity (Wildman–Crippen MR) is 76.7 cm³/mol. The van der Waals surface area contributed by atoms with Gasteiger partial charge in [-0.3, -0.25) is 4.79 Å². The average Bonchev–Trinajstić information content (AvgIpc) is 2.42. The summed E-state index contributed by atoms with van der Waals surface area (Å²) < 4.78 is 0. The zero-order chi connectivity index (χ0) is 13.7. The quantitative estimate of drug-likeness (QED) is 0.660. The standard InChI is InChI=1S/C14H20ClN3O/c1-2-3-10-4-6-11(7-5-10)18-14-12(8-19)13(15)16-9-17-14/h8-11H,2-7H2,1H3,(H,16,17,18). The third kappa shape index (κ3) is 3.66. The monoisotopic (exact) mass is 281 g/mol. The lowest BCUT2D eigenvalue weighted by molar-refractivity contribution is 0.112. The molecule has 0 atom stereocenters. The second kappa shape index (κ2) is 6.85. The van der Waals surface area contributed by atoms with Crippen molar-refractivity contribution in [1.29, 1.82) is 0 Å². The maximum absolute atomic E-state index is 11.0. The lowest BCUT2D eigenvalue weighted by Gasteiger charge is -2.29. The Hall–Kier alpha value is -1.16. The van der Waals surface area contributed by atoms with Crippen LogP contribution in [0.4, 0.5) is 5.82 Å². The van der Waals surface area contributed by atoms with Crippen LogP contribution in [0.25, 0.3) is 0 Å². The number of aldehydes is 1. The molecule has 0 amide bonds. The van der Waals surface area contributed by atoms with Crippen molar-refractivity contribution in [3.8, 4) is 0 Å². The van der Waals surface area contributed by atoms with Gasteiger partial charge in [-0.25, -0.2) is 9.97 Å². The number of aromatic nitrogens is 2. The molecule has 0 unspecified atom stereocenters. The molecule has 1 aliphatic rings. The summed E-state index contributed by atoms with van der Waals surface area (Å²) in [5.41, 5.74) is 0.361. The number of nitrogens with zero attached hydrogens (tertiary/aromatic N) is 2. The van der Waals surface area contributed by atoms with Crippen LogP contribution in [0.3, 0.4) is 0 Å². The van der Waals surface area contributed by atoms with E-state index in [4.69, 9.17) is 11.6 Å². The van der Waals surface area contributed by atoms with E-state index in [1.807, 2.05) is 0 Å². The molecule has 19 heavy (non-hydrogen) atoms. The largest absolute Gasteiger partial charge is 0.367 e. The first kappa shape index (κ1) is 14.3. The van der Waals surface area contributed by atoms with E-state index in [-0.39, 0.29) is 5.15 Å². The molecule has 0 saturated heterocycles. The molecule has 1 heterocycles. The summed E-state index contributed by atoms with van der Waals surface area (Å²) in [7, 11) is 0. The van der Waals surface area contributed by atoms with Crippen LogP contribution in [0.5, 0.6) is 0 Å². The van der Waals surface area contributed by atoms with Crippen molar-refractivity contribution in [1.82, 2.24) is 9.97 Å². The summed E-state index contributed by atoms with van der Waals surface area (Å²) in [5, 5.41) is 3.55.